The van der Waals surface area contributed by atoms with Crippen LogP contribution in [0.4, 0.5) is 0 Å². The average Bonchev–Trinajstić information content (AvgIpc) is 2.84. The van der Waals surface area contributed by atoms with Crippen molar-refractivity contribution in [1.29, 1.82) is 0 Å². The fourth-order valence-corrected chi connectivity index (χ4v) is 2.83. The Morgan fingerprint density at radius 3 is 2.81 bits per heavy atom. The molecule has 1 aliphatic rings. The maximum atomic E-state index is 11.9. The molecule has 1 fully saturated rings. The van der Waals surface area contributed by atoms with E-state index in [1.54, 1.807) is 0 Å². The van der Waals surface area contributed by atoms with Crippen LogP contribution in [0.1, 0.15) is 41.8 Å². The van der Waals surface area contributed by atoms with E-state index in [9.17, 15) is 4.79 Å². The second kappa shape index (κ2) is 5.10. The Hall–Kier alpha value is -0.680. The minimum Gasteiger partial charge on any atom is -0.345 e. The van der Waals surface area contributed by atoms with E-state index in [1.807, 2.05) is 0 Å². The van der Waals surface area contributed by atoms with Gasteiger partial charge in [0.25, 0.3) is 5.91 Å². The Morgan fingerprint density at radius 2 is 2.25 bits per heavy atom. The summed E-state index contributed by atoms with van der Waals surface area (Å²) in [6.45, 7) is 0. The molecule has 1 saturated carbocycles. The van der Waals surface area contributed by atoms with Gasteiger partial charge in [-0.15, -0.1) is 16.7 Å². The standard InChI is InChI=1S/C10H14ClN3OS/c11-7-10(4-2-1-3-5-10)13-9(15)8-6-12-14-16-8/h6H,1-5,7H2,(H,13,15). The van der Waals surface area contributed by atoms with Gasteiger partial charge in [-0.2, -0.15) is 0 Å². The molecule has 1 N–H and O–H groups in total. The lowest BCUT2D eigenvalue weighted by Crippen LogP contribution is -2.51. The SMILES string of the molecule is O=C(NC1(CCl)CCCCC1)c1cnns1. The molecule has 0 radical (unpaired) electrons. The summed E-state index contributed by atoms with van der Waals surface area (Å²) in [5.74, 6) is 0.378. The molecular weight excluding hydrogens is 246 g/mol. The van der Waals surface area contributed by atoms with Crippen molar-refractivity contribution in [1.82, 2.24) is 14.9 Å². The predicted octanol–water partition coefficient (Wildman–Crippen LogP) is 2.21. The number of hydrogen-bond acceptors (Lipinski definition) is 4. The first-order valence-electron chi connectivity index (χ1n) is 5.42. The van der Waals surface area contributed by atoms with Crippen molar-refractivity contribution in [2.24, 2.45) is 0 Å². The highest BCUT2D eigenvalue weighted by atomic mass is 35.5. The monoisotopic (exact) mass is 259 g/mol. The van der Waals surface area contributed by atoms with Gasteiger partial charge >= 0.3 is 0 Å². The molecule has 0 aliphatic heterocycles. The van der Waals surface area contributed by atoms with Crippen LogP contribution in [0.25, 0.3) is 0 Å². The third-order valence-electron chi connectivity index (χ3n) is 3.03. The topological polar surface area (TPSA) is 54.9 Å². The van der Waals surface area contributed by atoms with E-state index in [-0.39, 0.29) is 11.4 Å². The van der Waals surface area contributed by atoms with Crippen molar-refractivity contribution in [3.05, 3.63) is 11.1 Å². The summed E-state index contributed by atoms with van der Waals surface area (Å²) in [7, 11) is 0. The van der Waals surface area contributed by atoms with Crippen molar-refractivity contribution >= 4 is 29.0 Å². The van der Waals surface area contributed by atoms with Crippen molar-refractivity contribution in [3.63, 3.8) is 0 Å². The van der Waals surface area contributed by atoms with E-state index in [4.69, 9.17) is 11.6 Å². The van der Waals surface area contributed by atoms with Crippen molar-refractivity contribution in [2.45, 2.75) is 37.6 Å². The largest absolute Gasteiger partial charge is 0.345 e. The Balaban J connectivity index is 2.03. The first-order chi connectivity index (χ1) is 7.76. The number of nitrogens with zero attached hydrogens (tertiary/aromatic N) is 2. The zero-order chi connectivity index (χ0) is 11.4. The molecule has 0 aromatic carbocycles. The molecule has 1 aliphatic carbocycles. The number of halogens is 1. The van der Waals surface area contributed by atoms with E-state index < -0.39 is 0 Å². The first kappa shape index (κ1) is 11.8. The molecule has 1 aromatic heterocycles. The fourth-order valence-electron chi connectivity index (χ4n) is 2.09. The predicted molar refractivity (Wildman–Crippen MR) is 63.9 cm³/mol. The highest BCUT2D eigenvalue weighted by Crippen LogP contribution is 2.29. The maximum Gasteiger partial charge on any atom is 0.265 e. The Kier molecular flexibility index (Phi) is 3.76. The van der Waals surface area contributed by atoms with E-state index in [0.717, 1.165) is 37.2 Å². The second-order valence-corrected chi connectivity index (χ2v) is 5.26. The normalized spacial score (nSPS) is 19.3. The van der Waals surface area contributed by atoms with Crippen LogP contribution in [0.3, 0.4) is 0 Å². The van der Waals surface area contributed by atoms with E-state index in [2.05, 4.69) is 14.9 Å². The van der Waals surface area contributed by atoms with Gasteiger partial charge in [-0.05, 0) is 24.4 Å². The summed E-state index contributed by atoms with van der Waals surface area (Å²) >= 11 is 7.11. The molecule has 1 heterocycles. The third-order valence-corrected chi connectivity index (χ3v) is 4.21. The van der Waals surface area contributed by atoms with Crippen molar-refractivity contribution < 1.29 is 4.79 Å². The molecule has 88 valence electrons. The quantitative estimate of drug-likeness (QED) is 0.847. The zero-order valence-electron chi connectivity index (χ0n) is 8.91. The van der Waals surface area contributed by atoms with Gasteiger partial charge in [0, 0.05) is 5.88 Å². The number of carbonyl (C=O) groups excluding carboxylic acids is 1. The van der Waals surface area contributed by atoms with Crippen molar-refractivity contribution in [3.8, 4) is 0 Å². The minimum atomic E-state index is -0.221. The van der Waals surface area contributed by atoms with Crippen LogP contribution in [0, 0.1) is 0 Å². The maximum absolute atomic E-state index is 11.9. The van der Waals surface area contributed by atoms with Crippen molar-refractivity contribution in [2.75, 3.05) is 5.88 Å². The van der Waals surface area contributed by atoms with Crippen LogP contribution in [-0.4, -0.2) is 26.9 Å². The van der Waals surface area contributed by atoms with Crippen LogP contribution < -0.4 is 5.32 Å². The number of nitrogens with one attached hydrogen (secondary N) is 1. The smallest absolute Gasteiger partial charge is 0.265 e. The summed E-state index contributed by atoms with van der Waals surface area (Å²) in [5, 5.41) is 6.70. The average molecular weight is 260 g/mol. The molecule has 0 spiro atoms. The first-order valence-corrected chi connectivity index (χ1v) is 6.72. The fraction of sp³-hybridized carbons (Fsp3) is 0.700. The van der Waals surface area contributed by atoms with Gasteiger partial charge in [0.2, 0.25) is 0 Å². The van der Waals surface area contributed by atoms with Gasteiger partial charge < -0.3 is 5.32 Å². The molecule has 2 rings (SSSR count). The van der Waals surface area contributed by atoms with Crippen LogP contribution in [-0.2, 0) is 0 Å². The lowest BCUT2D eigenvalue weighted by molar-refractivity contribution is 0.0889. The summed E-state index contributed by atoms with van der Waals surface area (Å²) in [6, 6.07) is 0. The molecule has 0 atom stereocenters. The number of rotatable bonds is 3. The van der Waals surface area contributed by atoms with Crippen LogP contribution >= 0.6 is 23.1 Å². The molecule has 1 amide bonds. The van der Waals surface area contributed by atoms with E-state index in [0.29, 0.717) is 10.8 Å². The van der Waals surface area contributed by atoms with Gasteiger partial charge in [-0.25, -0.2) is 0 Å². The minimum absolute atomic E-state index is 0.0995. The van der Waals surface area contributed by atoms with Gasteiger partial charge in [0.15, 0.2) is 0 Å². The molecule has 6 heteroatoms. The number of amides is 1. The van der Waals surface area contributed by atoms with E-state index in [1.165, 1.54) is 12.6 Å². The highest BCUT2D eigenvalue weighted by molar-refractivity contribution is 7.07. The Bertz CT molecular complexity index is 349. The molecule has 0 bridgehead atoms. The number of aromatic nitrogens is 2. The number of carbonyl (C=O) groups is 1. The van der Waals surface area contributed by atoms with Gasteiger partial charge in [0.1, 0.15) is 4.88 Å². The lowest BCUT2D eigenvalue weighted by atomic mass is 9.83. The van der Waals surface area contributed by atoms with Gasteiger partial charge in [-0.1, -0.05) is 23.8 Å². The molecule has 16 heavy (non-hydrogen) atoms. The second-order valence-electron chi connectivity index (χ2n) is 4.21. The van der Waals surface area contributed by atoms with E-state index >= 15 is 0 Å². The Morgan fingerprint density at radius 1 is 1.50 bits per heavy atom. The molecule has 4 nitrogen and oxygen atoms in total. The zero-order valence-corrected chi connectivity index (χ0v) is 10.5. The summed E-state index contributed by atoms with van der Waals surface area (Å²) in [4.78, 5) is 12.4. The summed E-state index contributed by atoms with van der Waals surface area (Å²) < 4.78 is 3.68. The number of alkyl halides is 1. The summed E-state index contributed by atoms with van der Waals surface area (Å²) in [5.41, 5.74) is -0.221. The number of hydrogen-bond donors (Lipinski definition) is 1. The highest BCUT2D eigenvalue weighted by Gasteiger charge is 2.33. The van der Waals surface area contributed by atoms with Gasteiger partial charge in [-0.3, -0.25) is 4.79 Å². The molecule has 0 unspecified atom stereocenters. The lowest BCUT2D eigenvalue weighted by Gasteiger charge is -2.36. The van der Waals surface area contributed by atoms with Crippen LogP contribution in [0.5, 0.6) is 0 Å². The Labute approximate surface area is 104 Å². The summed E-state index contributed by atoms with van der Waals surface area (Å²) in [6.07, 6.45) is 6.92. The van der Waals surface area contributed by atoms with Gasteiger partial charge in [0.05, 0.1) is 11.7 Å². The van der Waals surface area contributed by atoms with Crippen LogP contribution in [0.15, 0.2) is 6.20 Å². The molecule has 1 aromatic rings. The van der Waals surface area contributed by atoms with Crippen LogP contribution in [0.2, 0.25) is 0 Å². The molecule has 0 saturated heterocycles. The molecular formula is C10H14ClN3OS. The third kappa shape index (κ3) is 2.52.